The molecule has 136 valence electrons. The Morgan fingerprint density at radius 1 is 1.20 bits per heavy atom. The van der Waals surface area contributed by atoms with Crippen molar-refractivity contribution in [2.75, 3.05) is 26.2 Å². The number of benzene rings is 1. The molecule has 3 rings (SSSR count). The molecule has 6 heteroatoms. The van der Waals surface area contributed by atoms with Crippen LogP contribution in [0.3, 0.4) is 0 Å². The summed E-state index contributed by atoms with van der Waals surface area (Å²) in [7, 11) is 0. The Bertz CT molecular complexity index is 621. The Morgan fingerprint density at radius 2 is 1.88 bits per heavy atom. The molecule has 1 unspecified atom stereocenters. The van der Waals surface area contributed by atoms with E-state index in [1.54, 1.807) is 4.90 Å². The highest BCUT2D eigenvalue weighted by Gasteiger charge is 2.37. The Labute approximate surface area is 149 Å². The highest BCUT2D eigenvalue weighted by atomic mass is 16.5. The fourth-order valence-corrected chi connectivity index (χ4v) is 3.28. The van der Waals surface area contributed by atoms with Crippen LogP contribution in [0.4, 0.5) is 4.79 Å². The van der Waals surface area contributed by atoms with Crippen LogP contribution in [0.2, 0.25) is 0 Å². The number of para-hydroxylation sites is 1. The third-order valence-corrected chi connectivity index (χ3v) is 4.74. The maximum Gasteiger partial charge on any atom is 0.317 e. The van der Waals surface area contributed by atoms with E-state index in [4.69, 9.17) is 4.74 Å². The van der Waals surface area contributed by atoms with Gasteiger partial charge in [0.15, 0.2) is 0 Å². The van der Waals surface area contributed by atoms with Crippen LogP contribution in [0.15, 0.2) is 30.3 Å². The first kappa shape index (κ1) is 17.6. The summed E-state index contributed by atoms with van der Waals surface area (Å²) in [5.41, 5.74) is -0.157. The van der Waals surface area contributed by atoms with Crippen LogP contribution in [0.5, 0.6) is 5.75 Å². The first-order chi connectivity index (χ1) is 11.8. The van der Waals surface area contributed by atoms with Gasteiger partial charge in [-0.15, -0.1) is 0 Å². The van der Waals surface area contributed by atoms with Crippen molar-refractivity contribution in [2.24, 2.45) is 5.92 Å². The highest BCUT2D eigenvalue weighted by Crippen LogP contribution is 2.25. The Balaban J connectivity index is 1.38. The van der Waals surface area contributed by atoms with Crippen LogP contribution in [0.25, 0.3) is 0 Å². The van der Waals surface area contributed by atoms with Crippen molar-refractivity contribution in [1.29, 1.82) is 0 Å². The molecule has 0 bridgehead atoms. The minimum atomic E-state index is -0.157. The third kappa shape index (κ3) is 4.24. The lowest BCUT2D eigenvalue weighted by Crippen LogP contribution is -2.59. The van der Waals surface area contributed by atoms with Gasteiger partial charge in [0.25, 0.3) is 0 Å². The van der Waals surface area contributed by atoms with E-state index >= 15 is 0 Å². The Hall–Kier alpha value is -2.24. The van der Waals surface area contributed by atoms with E-state index in [1.807, 2.05) is 56.0 Å². The molecule has 1 N–H and O–H groups in total. The van der Waals surface area contributed by atoms with Crippen molar-refractivity contribution in [1.82, 2.24) is 15.1 Å². The molecule has 0 saturated carbocycles. The zero-order chi connectivity index (χ0) is 18.0. The number of nitrogens with zero attached hydrogens (tertiary/aromatic N) is 2. The first-order valence-electron chi connectivity index (χ1n) is 8.88. The first-order valence-corrected chi connectivity index (χ1v) is 8.88. The van der Waals surface area contributed by atoms with Gasteiger partial charge in [0.2, 0.25) is 5.91 Å². The van der Waals surface area contributed by atoms with Gasteiger partial charge in [-0.2, -0.15) is 0 Å². The van der Waals surface area contributed by atoms with Crippen molar-refractivity contribution in [3.8, 4) is 5.75 Å². The van der Waals surface area contributed by atoms with Crippen LogP contribution in [0, 0.1) is 5.92 Å². The lowest BCUT2D eigenvalue weighted by molar-refractivity contribution is -0.131. The standard InChI is InChI=1S/C19H27N3O3/c1-19(2,3)22-11-14(9-17(22)23)10-20-18(24)21-12-16(13-21)25-15-7-5-4-6-8-15/h4-8,14,16H,9-13H2,1-3H3,(H,20,24). The number of hydrogen-bond donors (Lipinski definition) is 1. The summed E-state index contributed by atoms with van der Waals surface area (Å²) in [4.78, 5) is 27.9. The molecule has 25 heavy (non-hydrogen) atoms. The second kappa shape index (κ2) is 6.94. The van der Waals surface area contributed by atoms with E-state index < -0.39 is 0 Å². The molecular weight excluding hydrogens is 318 g/mol. The van der Waals surface area contributed by atoms with E-state index in [9.17, 15) is 9.59 Å². The number of likely N-dealkylation sites (tertiary alicyclic amines) is 2. The topological polar surface area (TPSA) is 61.9 Å². The zero-order valence-corrected chi connectivity index (χ0v) is 15.2. The van der Waals surface area contributed by atoms with Crippen LogP contribution < -0.4 is 10.1 Å². The molecule has 2 aliphatic rings. The molecule has 0 radical (unpaired) electrons. The summed E-state index contributed by atoms with van der Waals surface area (Å²) in [6.45, 7) is 8.56. The molecule has 1 aromatic rings. The quantitative estimate of drug-likeness (QED) is 0.909. The Kier molecular flexibility index (Phi) is 4.88. The van der Waals surface area contributed by atoms with Crippen molar-refractivity contribution < 1.29 is 14.3 Å². The normalized spacial score (nSPS) is 21.2. The van der Waals surface area contributed by atoms with Crippen molar-refractivity contribution in [3.63, 3.8) is 0 Å². The van der Waals surface area contributed by atoms with E-state index in [-0.39, 0.29) is 29.5 Å². The van der Waals surface area contributed by atoms with Crippen LogP contribution >= 0.6 is 0 Å². The van der Waals surface area contributed by atoms with Crippen molar-refractivity contribution in [2.45, 2.75) is 38.8 Å². The number of urea groups is 1. The summed E-state index contributed by atoms with van der Waals surface area (Å²) < 4.78 is 5.80. The monoisotopic (exact) mass is 345 g/mol. The molecule has 1 atom stereocenters. The number of carbonyl (C=O) groups excluding carboxylic acids is 2. The number of amides is 3. The van der Waals surface area contributed by atoms with E-state index in [2.05, 4.69) is 5.32 Å². The minimum Gasteiger partial charge on any atom is -0.487 e. The SMILES string of the molecule is CC(C)(C)N1CC(CNC(=O)N2CC(Oc3ccccc3)C2)CC1=O. The maximum atomic E-state index is 12.2. The second-order valence-electron chi connectivity index (χ2n) is 7.89. The average Bonchev–Trinajstić information content (AvgIpc) is 2.90. The van der Waals surface area contributed by atoms with E-state index in [0.717, 1.165) is 5.75 Å². The maximum absolute atomic E-state index is 12.2. The molecule has 3 amide bonds. The van der Waals surface area contributed by atoms with Gasteiger partial charge in [-0.1, -0.05) is 18.2 Å². The number of rotatable bonds is 4. The summed E-state index contributed by atoms with van der Waals surface area (Å²) in [5, 5.41) is 2.96. The summed E-state index contributed by atoms with van der Waals surface area (Å²) in [5.74, 6) is 1.19. The van der Waals surface area contributed by atoms with Crippen molar-refractivity contribution in [3.05, 3.63) is 30.3 Å². The predicted octanol–water partition coefficient (Wildman–Crippen LogP) is 2.11. The molecule has 1 aromatic carbocycles. The minimum absolute atomic E-state index is 0.0533. The third-order valence-electron chi connectivity index (χ3n) is 4.74. The lowest BCUT2D eigenvalue weighted by atomic mass is 10.1. The molecule has 2 heterocycles. The zero-order valence-electron chi connectivity index (χ0n) is 15.2. The van der Waals surface area contributed by atoms with Gasteiger partial charge in [-0.05, 0) is 32.9 Å². The molecule has 2 saturated heterocycles. The van der Waals surface area contributed by atoms with Gasteiger partial charge in [-0.3, -0.25) is 4.79 Å². The molecule has 6 nitrogen and oxygen atoms in total. The van der Waals surface area contributed by atoms with Gasteiger partial charge in [0.1, 0.15) is 11.9 Å². The lowest BCUT2D eigenvalue weighted by Gasteiger charge is -2.39. The van der Waals surface area contributed by atoms with E-state index in [0.29, 0.717) is 32.6 Å². The molecule has 0 aromatic heterocycles. The van der Waals surface area contributed by atoms with E-state index in [1.165, 1.54) is 0 Å². The van der Waals surface area contributed by atoms with Gasteiger partial charge >= 0.3 is 6.03 Å². The fraction of sp³-hybridized carbons (Fsp3) is 0.579. The van der Waals surface area contributed by atoms with Gasteiger partial charge in [0.05, 0.1) is 13.1 Å². The highest BCUT2D eigenvalue weighted by molar-refractivity contribution is 5.80. The number of ether oxygens (including phenoxy) is 1. The van der Waals surface area contributed by atoms with Gasteiger partial charge in [0, 0.05) is 31.0 Å². The number of hydrogen-bond acceptors (Lipinski definition) is 3. The van der Waals surface area contributed by atoms with Crippen LogP contribution in [-0.2, 0) is 4.79 Å². The van der Waals surface area contributed by atoms with Gasteiger partial charge in [-0.25, -0.2) is 4.79 Å². The summed E-state index contributed by atoms with van der Waals surface area (Å²) >= 11 is 0. The number of carbonyl (C=O) groups is 2. The molecule has 0 aliphatic carbocycles. The molecule has 0 spiro atoms. The summed E-state index contributed by atoms with van der Waals surface area (Å²) in [6.07, 6.45) is 0.565. The van der Waals surface area contributed by atoms with Crippen LogP contribution in [-0.4, -0.2) is 59.6 Å². The molecular formula is C19H27N3O3. The summed E-state index contributed by atoms with van der Waals surface area (Å²) in [6, 6.07) is 9.57. The fourth-order valence-electron chi connectivity index (χ4n) is 3.28. The average molecular weight is 345 g/mol. The molecule has 2 fully saturated rings. The number of nitrogens with one attached hydrogen (secondary N) is 1. The van der Waals surface area contributed by atoms with Crippen LogP contribution in [0.1, 0.15) is 27.2 Å². The van der Waals surface area contributed by atoms with Gasteiger partial charge < -0.3 is 19.9 Å². The second-order valence-corrected chi connectivity index (χ2v) is 7.89. The predicted molar refractivity (Wildman–Crippen MR) is 95.4 cm³/mol. The Morgan fingerprint density at radius 3 is 2.48 bits per heavy atom. The smallest absolute Gasteiger partial charge is 0.317 e. The van der Waals surface area contributed by atoms with Crippen molar-refractivity contribution >= 4 is 11.9 Å². The largest absolute Gasteiger partial charge is 0.487 e. The molecule has 2 aliphatic heterocycles.